The van der Waals surface area contributed by atoms with Gasteiger partial charge in [0, 0.05) is 12.4 Å². The first-order valence-corrected chi connectivity index (χ1v) is 17.0. The summed E-state index contributed by atoms with van der Waals surface area (Å²) in [5, 5.41) is 10.6. The highest BCUT2D eigenvalue weighted by atomic mass is 16.5. The number of carboxylic acids is 1. The Kier molecular flexibility index (Phi) is 29.6. The molecule has 0 bridgehead atoms. The van der Waals surface area contributed by atoms with E-state index < -0.39 is 5.97 Å². The van der Waals surface area contributed by atoms with Gasteiger partial charge in [0.1, 0.15) is 6.10 Å². The molecule has 0 fully saturated rings. The van der Waals surface area contributed by atoms with E-state index in [1.807, 2.05) is 0 Å². The van der Waals surface area contributed by atoms with Crippen molar-refractivity contribution >= 4 is 11.9 Å². The van der Waals surface area contributed by atoms with Crippen molar-refractivity contribution in [2.45, 2.75) is 206 Å². The quantitative estimate of drug-likeness (QED) is 0.0651. The van der Waals surface area contributed by atoms with Crippen LogP contribution in [0.1, 0.15) is 200 Å². The van der Waals surface area contributed by atoms with Gasteiger partial charge in [0.05, 0.1) is 0 Å². The van der Waals surface area contributed by atoms with E-state index in [0.29, 0.717) is 12.8 Å². The topological polar surface area (TPSA) is 66.4 Å². The number of aliphatic carboxylic acids is 1. The van der Waals surface area contributed by atoms with Crippen molar-refractivity contribution in [1.82, 2.24) is 0 Å². The standard InChI is InChI=1S/C34H66O4/c1-3-5-7-9-11-13-14-15-16-17-19-21-27-31-34(37)38-32(29-25-22-23-26-30-33(35)36)28-24-20-18-12-10-8-6-4-2/h32H,3-31H2,1-2H3,(H,35,36)/p-1. The zero-order valence-corrected chi connectivity index (χ0v) is 25.7. The third-order valence-electron chi connectivity index (χ3n) is 7.82. The zero-order chi connectivity index (χ0) is 27.9. The lowest BCUT2D eigenvalue weighted by Crippen LogP contribution is -2.21. The molecule has 38 heavy (non-hydrogen) atoms. The van der Waals surface area contributed by atoms with Gasteiger partial charge in [-0.15, -0.1) is 0 Å². The number of hydrogen-bond acceptors (Lipinski definition) is 4. The normalized spacial score (nSPS) is 12.1. The van der Waals surface area contributed by atoms with Crippen molar-refractivity contribution in [1.29, 1.82) is 0 Å². The Labute approximate surface area is 237 Å². The lowest BCUT2D eigenvalue weighted by Gasteiger charge is -2.18. The molecule has 0 aromatic carbocycles. The van der Waals surface area contributed by atoms with Crippen LogP contribution in [0.2, 0.25) is 0 Å². The Hall–Kier alpha value is -1.06. The minimum Gasteiger partial charge on any atom is -0.550 e. The van der Waals surface area contributed by atoms with Crippen LogP contribution in [0.4, 0.5) is 0 Å². The smallest absolute Gasteiger partial charge is 0.306 e. The minimum atomic E-state index is -0.959. The number of ether oxygens (including phenoxy) is 1. The van der Waals surface area contributed by atoms with Crippen molar-refractivity contribution in [3.8, 4) is 0 Å². The third kappa shape index (κ3) is 29.5. The van der Waals surface area contributed by atoms with E-state index in [2.05, 4.69) is 13.8 Å². The Morgan fingerprint density at radius 3 is 1.16 bits per heavy atom. The number of hydrogen-bond donors (Lipinski definition) is 0. The first kappa shape index (κ1) is 36.9. The minimum absolute atomic E-state index is 0.0189. The van der Waals surface area contributed by atoms with Gasteiger partial charge in [0.25, 0.3) is 0 Å². The second kappa shape index (κ2) is 30.5. The van der Waals surface area contributed by atoms with Crippen molar-refractivity contribution < 1.29 is 19.4 Å². The molecule has 0 spiro atoms. The maximum Gasteiger partial charge on any atom is 0.306 e. The van der Waals surface area contributed by atoms with Gasteiger partial charge in [0.15, 0.2) is 0 Å². The zero-order valence-electron chi connectivity index (χ0n) is 25.7. The lowest BCUT2D eigenvalue weighted by atomic mass is 10.0. The van der Waals surface area contributed by atoms with Crippen LogP contribution < -0.4 is 5.11 Å². The molecule has 0 radical (unpaired) electrons. The number of carbonyl (C=O) groups excluding carboxylic acids is 2. The van der Waals surface area contributed by atoms with Crippen molar-refractivity contribution in [3.63, 3.8) is 0 Å². The number of esters is 1. The Bertz CT molecular complexity index is 505. The van der Waals surface area contributed by atoms with Crippen LogP contribution in [0.25, 0.3) is 0 Å². The van der Waals surface area contributed by atoms with Crippen molar-refractivity contribution in [2.75, 3.05) is 0 Å². The molecule has 1 atom stereocenters. The highest BCUT2D eigenvalue weighted by molar-refractivity contribution is 5.69. The molecule has 0 rings (SSSR count). The number of unbranched alkanes of at least 4 members (excludes halogenated alkanes) is 22. The molecule has 0 saturated carbocycles. The average molecular weight is 538 g/mol. The van der Waals surface area contributed by atoms with Gasteiger partial charge in [-0.25, -0.2) is 0 Å². The fourth-order valence-electron chi connectivity index (χ4n) is 5.29. The van der Waals surface area contributed by atoms with E-state index in [4.69, 9.17) is 4.74 Å². The maximum absolute atomic E-state index is 12.5. The van der Waals surface area contributed by atoms with E-state index in [9.17, 15) is 14.7 Å². The fraction of sp³-hybridized carbons (Fsp3) is 0.941. The van der Waals surface area contributed by atoms with Crippen LogP contribution in [0.15, 0.2) is 0 Å². The monoisotopic (exact) mass is 537 g/mol. The molecular formula is C34H65O4-. The van der Waals surface area contributed by atoms with Crippen LogP contribution in [-0.2, 0) is 14.3 Å². The molecule has 0 aromatic heterocycles. The van der Waals surface area contributed by atoms with Crippen molar-refractivity contribution in [2.24, 2.45) is 0 Å². The maximum atomic E-state index is 12.5. The summed E-state index contributed by atoms with van der Waals surface area (Å²) >= 11 is 0. The van der Waals surface area contributed by atoms with Crippen LogP contribution in [0.5, 0.6) is 0 Å². The second-order valence-electron chi connectivity index (χ2n) is 11.7. The van der Waals surface area contributed by atoms with Crippen LogP contribution in [-0.4, -0.2) is 18.0 Å². The summed E-state index contributed by atoms with van der Waals surface area (Å²) < 4.78 is 5.92. The van der Waals surface area contributed by atoms with Gasteiger partial charge in [-0.3, -0.25) is 4.79 Å². The average Bonchev–Trinajstić information content (AvgIpc) is 2.89. The van der Waals surface area contributed by atoms with Crippen molar-refractivity contribution in [3.05, 3.63) is 0 Å². The van der Waals surface area contributed by atoms with Gasteiger partial charge < -0.3 is 14.6 Å². The molecular weight excluding hydrogens is 472 g/mol. The molecule has 226 valence electrons. The van der Waals surface area contributed by atoms with E-state index in [1.165, 1.54) is 116 Å². The molecule has 0 amide bonds. The molecule has 0 aliphatic heterocycles. The summed E-state index contributed by atoms with van der Waals surface area (Å²) in [6.07, 6.45) is 33.5. The van der Waals surface area contributed by atoms with Gasteiger partial charge in [-0.2, -0.15) is 0 Å². The lowest BCUT2D eigenvalue weighted by molar-refractivity contribution is -0.305. The van der Waals surface area contributed by atoms with E-state index in [0.717, 1.165) is 51.4 Å². The Balaban J connectivity index is 3.94. The molecule has 0 aliphatic carbocycles. The van der Waals surface area contributed by atoms with Gasteiger partial charge >= 0.3 is 5.97 Å². The molecule has 0 aliphatic rings. The van der Waals surface area contributed by atoms with E-state index in [1.54, 1.807) is 0 Å². The number of carboxylic acid groups (broad SMARTS) is 1. The summed E-state index contributed by atoms with van der Waals surface area (Å²) in [6.45, 7) is 4.53. The molecule has 0 heterocycles. The number of carbonyl (C=O) groups is 2. The van der Waals surface area contributed by atoms with Crippen LogP contribution >= 0.6 is 0 Å². The van der Waals surface area contributed by atoms with Gasteiger partial charge in [0.2, 0.25) is 0 Å². The summed E-state index contributed by atoms with van der Waals surface area (Å²) in [6, 6.07) is 0. The molecule has 4 nitrogen and oxygen atoms in total. The first-order chi connectivity index (χ1) is 18.6. The highest BCUT2D eigenvalue weighted by Gasteiger charge is 2.14. The highest BCUT2D eigenvalue weighted by Crippen LogP contribution is 2.19. The molecule has 4 heteroatoms. The summed E-state index contributed by atoms with van der Waals surface area (Å²) in [5.74, 6) is -0.978. The molecule has 1 unspecified atom stereocenters. The summed E-state index contributed by atoms with van der Waals surface area (Å²) in [7, 11) is 0. The summed E-state index contributed by atoms with van der Waals surface area (Å²) in [5.41, 5.74) is 0. The first-order valence-electron chi connectivity index (χ1n) is 17.0. The Morgan fingerprint density at radius 1 is 0.474 bits per heavy atom. The fourth-order valence-corrected chi connectivity index (χ4v) is 5.29. The SMILES string of the molecule is CCCCCCCCCCCCCCCC(=O)OC(CCCCCCCCCC)CCCCCCC(=O)[O-]. The van der Waals surface area contributed by atoms with Gasteiger partial charge in [-0.1, -0.05) is 149 Å². The molecule has 0 saturated heterocycles. The van der Waals surface area contributed by atoms with Crippen LogP contribution in [0.3, 0.4) is 0 Å². The second-order valence-corrected chi connectivity index (χ2v) is 11.7. The molecule has 0 N–H and O–H groups in total. The summed E-state index contributed by atoms with van der Waals surface area (Å²) in [4.78, 5) is 23.1. The van der Waals surface area contributed by atoms with E-state index >= 15 is 0 Å². The molecule has 0 aromatic rings. The van der Waals surface area contributed by atoms with Gasteiger partial charge in [-0.05, 0) is 44.9 Å². The predicted octanol–water partition coefficient (Wildman–Crippen LogP) is 10.0. The Morgan fingerprint density at radius 2 is 0.789 bits per heavy atom. The largest absolute Gasteiger partial charge is 0.550 e. The number of rotatable bonds is 31. The predicted molar refractivity (Wildman–Crippen MR) is 160 cm³/mol. The van der Waals surface area contributed by atoms with Crippen LogP contribution in [0, 0.1) is 0 Å². The van der Waals surface area contributed by atoms with E-state index in [-0.39, 0.29) is 18.5 Å². The third-order valence-corrected chi connectivity index (χ3v) is 7.82.